The molecule has 1 fully saturated rings. The Balaban J connectivity index is 1.84. The molecule has 0 saturated carbocycles. The molecule has 2 rings (SSSR count). The summed E-state index contributed by atoms with van der Waals surface area (Å²) >= 11 is 0. The maximum atomic E-state index is 11.7. The SMILES string of the molecule is CCCCC(=O)Nc1ccc(N2CCN(C(=O)OCC)CC2)nn1. The molecule has 1 aliphatic heterocycles. The third-order valence-electron chi connectivity index (χ3n) is 3.81. The molecule has 0 spiro atoms. The number of carbonyl (C=O) groups is 2. The molecule has 0 aromatic carbocycles. The lowest BCUT2D eigenvalue weighted by atomic mass is 10.2. The number of ether oxygens (including phenoxy) is 1. The van der Waals surface area contributed by atoms with E-state index in [1.165, 1.54) is 0 Å². The van der Waals surface area contributed by atoms with Gasteiger partial charge in [0.15, 0.2) is 11.6 Å². The fraction of sp³-hybridized carbons (Fsp3) is 0.625. The van der Waals surface area contributed by atoms with Crippen LogP contribution in [0.4, 0.5) is 16.4 Å². The lowest BCUT2D eigenvalue weighted by molar-refractivity contribution is -0.116. The number of unbranched alkanes of at least 4 members (excludes halogenated alkanes) is 1. The molecule has 2 heterocycles. The number of hydrogen-bond acceptors (Lipinski definition) is 6. The molecule has 0 radical (unpaired) electrons. The molecule has 0 aliphatic carbocycles. The van der Waals surface area contributed by atoms with Gasteiger partial charge in [-0.1, -0.05) is 13.3 Å². The lowest BCUT2D eigenvalue weighted by Gasteiger charge is -2.34. The van der Waals surface area contributed by atoms with Crippen molar-refractivity contribution >= 4 is 23.6 Å². The van der Waals surface area contributed by atoms with Crippen molar-refractivity contribution in [2.24, 2.45) is 0 Å². The molecule has 0 atom stereocenters. The van der Waals surface area contributed by atoms with Crippen LogP contribution in [0.3, 0.4) is 0 Å². The first-order valence-electron chi connectivity index (χ1n) is 8.44. The summed E-state index contributed by atoms with van der Waals surface area (Å²) in [5.74, 6) is 1.16. The molecular weight excluding hydrogens is 310 g/mol. The van der Waals surface area contributed by atoms with Crippen LogP contribution in [0.5, 0.6) is 0 Å². The van der Waals surface area contributed by atoms with Gasteiger partial charge in [-0.15, -0.1) is 10.2 Å². The molecular formula is C16H25N5O3. The number of carbonyl (C=O) groups excluding carboxylic acids is 2. The molecule has 1 N–H and O–H groups in total. The second kappa shape index (κ2) is 9.05. The Morgan fingerprint density at radius 1 is 1.17 bits per heavy atom. The fourth-order valence-corrected chi connectivity index (χ4v) is 2.44. The zero-order valence-corrected chi connectivity index (χ0v) is 14.3. The van der Waals surface area contributed by atoms with Crippen molar-refractivity contribution in [2.75, 3.05) is 43.0 Å². The van der Waals surface area contributed by atoms with Gasteiger partial charge in [0.25, 0.3) is 0 Å². The summed E-state index contributed by atoms with van der Waals surface area (Å²) in [5, 5.41) is 11.0. The minimum atomic E-state index is -0.270. The molecule has 24 heavy (non-hydrogen) atoms. The maximum Gasteiger partial charge on any atom is 0.409 e. The van der Waals surface area contributed by atoms with E-state index in [0.29, 0.717) is 45.0 Å². The Kier molecular flexibility index (Phi) is 6.77. The molecule has 8 nitrogen and oxygen atoms in total. The summed E-state index contributed by atoms with van der Waals surface area (Å²) in [4.78, 5) is 27.1. The Hall–Kier alpha value is -2.38. The van der Waals surface area contributed by atoms with Gasteiger partial charge in [-0.3, -0.25) is 4.79 Å². The van der Waals surface area contributed by atoms with Crippen molar-refractivity contribution in [3.05, 3.63) is 12.1 Å². The topological polar surface area (TPSA) is 87.7 Å². The number of anilines is 2. The van der Waals surface area contributed by atoms with Crippen LogP contribution in [-0.2, 0) is 9.53 Å². The Morgan fingerprint density at radius 3 is 2.50 bits per heavy atom. The molecule has 0 bridgehead atoms. The van der Waals surface area contributed by atoms with Gasteiger partial charge in [0.1, 0.15) is 0 Å². The van der Waals surface area contributed by atoms with Crippen molar-refractivity contribution in [1.82, 2.24) is 15.1 Å². The maximum absolute atomic E-state index is 11.7. The average molecular weight is 335 g/mol. The number of aromatic nitrogens is 2. The first-order valence-corrected chi connectivity index (χ1v) is 8.44. The predicted octanol–water partition coefficient (Wildman–Crippen LogP) is 1.88. The summed E-state index contributed by atoms with van der Waals surface area (Å²) in [6, 6.07) is 3.59. The van der Waals surface area contributed by atoms with Crippen LogP contribution < -0.4 is 10.2 Å². The summed E-state index contributed by atoms with van der Waals surface area (Å²) in [6.45, 7) is 6.77. The zero-order chi connectivity index (χ0) is 17.4. The van der Waals surface area contributed by atoms with Gasteiger partial charge in [0.05, 0.1) is 6.61 Å². The second-order valence-corrected chi connectivity index (χ2v) is 5.60. The molecule has 1 saturated heterocycles. The van der Waals surface area contributed by atoms with Crippen LogP contribution in [0.15, 0.2) is 12.1 Å². The van der Waals surface area contributed by atoms with Crippen LogP contribution in [0, 0.1) is 0 Å². The quantitative estimate of drug-likeness (QED) is 0.854. The monoisotopic (exact) mass is 335 g/mol. The summed E-state index contributed by atoms with van der Waals surface area (Å²) in [6.07, 6.45) is 2.07. The Morgan fingerprint density at radius 2 is 1.92 bits per heavy atom. The third-order valence-corrected chi connectivity index (χ3v) is 3.81. The molecule has 2 amide bonds. The number of nitrogens with zero attached hydrogens (tertiary/aromatic N) is 4. The van der Waals surface area contributed by atoms with Crippen LogP contribution in [0.25, 0.3) is 0 Å². The van der Waals surface area contributed by atoms with E-state index < -0.39 is 0 Å². The number of piperazine rings is 1. The molecule has 8 heteroatoms. The van der Waals surface area contributed by atoms with Gasteiger partial charge in [0, 0.05) is 32.6 Å². The van der Waals surface area contributed by atoms with E-state index in [4.69, 9.17) is 4.74 Å². The van der Waals surface area contributed by atoms with Gasteiger partial charge < -0.3 is 19.9 Å². The van der Waals surface area contributed by atoms with Crippen molar-refractivity contribution in [3.8, 4) is 0 Å². The van der Waals surface area contributed by atoms with Crippen molar-refractivity contribution in [3.63, 3.8) is 0 Å². The highest BCUT2D eigenvalue weighted by molar-refractivity contribution is 5.89. The normalized spacial score (nSPS) is 14.4. The second-order valence-electron chi connectivity index (χ2n) is 5.60. The van der Waals surface area contributed by atoms with E-state index in [0.717, 1.165) is 18.7 Å². The van der Waals surface area contributed by atoms with E-state index in [1.807, 2.05) is 13.0 Å². The van der Waals surface area contributed by atoms with E-state index >= 15 is 0 Å². The first-order chi connectivity index (χ1) is 11.6. The highest BCUT2D eigenvalue weighted by Gasteiger charge is 2.22. The highest BCUT2D eigenvalue weighted by Crippen LogP contribution is 2.15. The predicted molar refractivity (Wildman–Crippen MR) is 91.0 cm³/mol. The van der Waals surface area contributed by atoms with Crippen LogP contribution in [0.1, 0.15) is 33.1 Å². The summed E-state index contributed by atoms with van der Waals surface area (Å²) < 4.78 is 5.00. The fourth-order valence-electron chi connectivity index (χ4n) is 2.44. The van der Waals surface area contributed by atoms with E-state index in [9.17, 15) is 9.59 Å². The minimum Gasteiger partial charge on any atom is -0.450 e. The minimum absolute atomic E-state index is 0.0399. The third kappa shape index (κ3) is 5.07. The van der Waals surface area contributed by atoms with Crippen LogP contribution in [-0.4, -0.2) is 59.9 Å². The Bertz CT molecular complexity index is 541. The molecule has 0 unspecified atom stereocenters. The van der Waals surface area contributed by atoms with Gasteiger partial charge in [-0.2, -0.15) is 0 Å². The van der Waals surface area contributed by atoms with E-state index in [-0.39, 0.29) is 12.0 Å². The zero-order valence-electron chi connectivity index (χ0n) is 14.3. The van der Waals surface area contributed by atoms with Gasteiger partial charge in [-0.05, 0) is 25.5 Å². The molecule has 1 aromatic heterocycles. The largest absolute Gasteiger partial charge is 0.450 e. The van der Waals surface area contributed by atoms with Crippen LogP contribution >= 0.6 is 0 Å². The van der Waals surface area contributed by atoms with Gasteiger partial charge in [-0.25, -0.2) is 4.79 Å². The first kappa shape index (κ1) is 18.0. The van der Waals surface area contributed by atoms with Gasteiger partial charge >= 0.3 is 6.09 Å². The number of nitrogens with one attached hydrogen (secondary N) is 1. The molecule has 1 aliphatic rings. The number of rotatable bonds is 6. The van der Waals surface area contributed by atoms with E-state index in [2.05, 4.69) is 20.4 Å². The molecule has 132 valence electrons. The number of hydrogen-bond donors (Lipinski definition) is 1. The van der Waals surface area contributed by atoms with Crippen molar-refractivity contribution in [2.45, 2.75) is 33.1 Å². The summed E-state index contributed by atoms with van der Waals surface area (Å²) in [7, 11) is 0. The molecule has 1 aromatic rings. The lowest BCUT2D eigenvalue weighted by Crippen LogP contribution is -2.49. The Labute approximate surface area is 142 Å². The van der Waals surface area contributed by atoms with Crippen molar-refractivity contribution in [1.29, 1.82) is 0 Å². The number of amides is 2. The highest BCUT2D eigenvalue weighted by atomic mass is 16.6. The standard InChI is InChI=1S/C16H25N5O3/c1-3-5-6-15(22)17-13-7-8-14(19-18-13)20-9-11-21(12-10-20)16(23)24-4-2/h7-8H,3-6,9-12H2,1-2H3,(H,17,18,22). The van der Waals surface area contributed by atoms with Crippen molar-refractivity contribution < 1.29 is 14.3 Å². The van der Waals surface area contributed by atoms with Gasteiger partial charge in [0.2, 0.25) is 5.91 Å². The summed E-state index contributed by atoms with van der Waals surface area (Å²) in [5.41, 5.74) is 0. The smallest absolute Gasteiger partial charge is 0.409 e. The van der Waals surface area contributed by atoms with Crippen LogP contribution in [0.2, 0.25) is 0 Å². The van der Waals surface area contributed by atoms with E-state index in [1.54, 1.807) is 17.9 Å². The average Bonchev–Trinajstić information content (AvgIpc) is 2.61.